The van der Waals surface area contributed by atoms with Gasteiger partial charge in [0.25, 0.3) is 0 Å². The van der Waals surface area contributed by atoms with Gasteiger partial charge in [-0.1, -0.05) is 6.07 Å². The molecule has 0 aliphatic rings. The number of nitrogens with zero attached hydrogens (tertiary/aromatic N) is 1. The number of benzene rings is 1. The zero-order valence-corrected chi connectivity index (χ0v) is 12.7. The number of halogens is 1. The highest BCUT2D eigenvalue weighted by Gasteiger charge is 2.23. The molecule has 1 rings (SSSR count). The molecule has 0 fully saturated rings. The zero-order valence-electron chi connectivity index (χ0n) is 12.7. The van der Waals surface area contributed by atoms with E-state index in [1.54, 1.807) is 6.07 Å². The van der Waals surface area contributed by atoms with Crippen LogP contribution in [0.3, 0.4) is 0 Å². The Kier molecular flexibility index (Phi) is 5.32. The van der Waals surface area contributed by atoms with Crippen LogP contribution in [0.5, 0.6) is 5.75 Å². The minimum atomic E-state index is -0.234. The van der Waals surface area contributed by atoms with E-state index in [-0.39, 0.29) is 17.4 Å². The van der Waals surface area contributed by atoms with Crippen LogP contribution < -0.4 is 10.1 Å². The Hall–Kier alpha value is -1.13. The molecular formula is C15H25FN2O. The maximum absolute atomic E-state index is 13.9. The van der Waals surface area contributed by atoms with Gasteiger partial charge < -0.3 is 15.0 Å². The van der Waals surface area contributed by atoms with Gasteiger partial charge in [-0.25, -0.2) is 4.39 Å². The molecule has 19 heavy (non-hydrogen) atoms. The van der Waals surface area contributed by atoms with Crippen LogP contribution in [0.25, 0.3) is 0 Å². The molecule has 0 saturated heterocycles. The second-order valence-corrected chi connectivity index (χ2v) is 5.66. The molecule has 3 nitrogen and oxygen atoms in total. The summed E-state index contributed by atoms with van der Waals surface area (Å²) in [5.41, 5.74) is 0.478. The first kappa shape index (κ1) is 15.9. The van der Waals surface area contributed by atoms with Crippen molar-refractivity contribution in [2.45, 2.75) is 32.4 Å². The highest BCUT2D eigenvalue weighted by atomic mass is 19.1. The van der Waals surface area contributed by atoms with Crippen LogP contribution in [0.2, 0.25) is 0 Å². The molecule has 0 aliphatic heterocycles. The topological polar surface area (TPSA) is 24.5 Å². The molecule has 1 N–H and O–H groups in total. The van der Waals surface area contributed by atoms with E-state index in [9.17, 15) is 4.39 Å². The quantitative estimate of drug-likeness (QED) is 0.858. The van der Waals surface area contributed by atoms with Gasteiger partial charge in [0, 0.05) is 17.1 Å². The van der Waals surface area contributed by atoms with Crippen molar-refractivity contribution < 1.29 is 9.13 Å². The summed E-state index contributed by atoms with van der Waals surface area (Å²) in [6, 6.07) is 4.88. The van der Waals surface area contributed by atoms with Crippen LogP contribution in [-0.4, -0.2) is 38.2 Å². The van der Waals surface area contributed by atoms with Crippen molar-refractivity contribution in [3.05, 3.63) is 29.6 Å². The average molecular weight is 268 g/mol. The molecule has 0 saturated carbocycles. The second-order valence-electron chi connectivity index (χ2n) is 5.66. The molecule has 108 valence electrons. The van der Waals surface area contributed by atoms with Crippen molar-refractivity contribution in [2.24, 2.45) is 0 Å². The maximum Gasteiger partial charge on any atom is 0.131 e. The Labute approximate surface area is 115 Å². The number of rotatable bonds is 6. The van der Waals surface area contributed by atoms with E-state index in [2.05, 4.69) is 24.1 Å². The minimum Gasteiger partial charge on any atom is -0.491 e. The van der Waals surface area contributed by atoms with Gasteiger partial charge in [-0.15, -0.1) is 0 Å². The van der Waals surface area contributed by atoms with Gasteiger partial charge in [0.15, 0.2) is 0 Å². The normalized spacial score (nSPS) is 13.7. The first-order valence-corrected chi connectivity index (χ1v) is 6.55. The number of nitrogens with one attached hydrogen (secondary N) is 1. The number of ether oxygens (including phenoxy) is 1. The Morgan fingerprint density at radius 1 is 1.37 bits per heavy atom. The summed E-state index contributed by atoms with van der Waals surface area (Å²) in [4.78, 5) is 2.09. The highest BCUT2D eigenvalue weighted by Crippen LogP contribution is 2.28. The summed E-state index contributed by atoms with van der Waals surface area (Å²) in [5.74, 6) is 0.374. The van der Waals surface area contributed by atoms with Gasteiger partial charge in [0.05, 0.1) is 0 Å². The fourth-order valence-corrected chi connectivity index (χ4v) is 1.59. The molecular weight excluding hydrogens is 243 g/mol. The molecule has 0 bridgehead atoms. The predicted octanol–water partition coefficient (Wildman–Crippen LogP) is 2.83. The van der Waals surface area contributed by atoms with E-state index < -0.39 is 0 Å². The van der Waals surface area contributed by atoms with Crippen molar-refractivity contribution >= 4 is 0 Å². The molecule has 1 unspecified atom stereocenters. The van der Waals surface area contributed by atoms with Crippen molar-refractivity contribution in [3.63, 3.8) is 0 Å². The third-order valence-corrected chi connectivity index (χ3v) is 3.67. The number of likely N-dealkylation sites (N-methyl/N-ethyl adjacent to an activating group) is 1. The van der Waals surface area contributed by atoms with E-state index >= 15 is 0 Å². The van der Waals surface area contributed by atoms with Gasteiger partial charge >= 0.3 is 0 Å². The molecule has 4 heteroatoms. The molecule has 0 spiro atoms. The highest BCUT2D eigenvalue weighted by molar-refractivity contribution is 5.37. The summed E-state index contributed by atoms with van der Waals surface area (Å²) >= 11 is 0. The van der Waals surface area contributed by atoms with Crippen LogP contribution in [0.4, 0.5) is 4.39 Å². The summed E-state index contributed by atoms with van der Waals surface area (Å²) in [7, 11) is 5.82. The van der Waals surface area contributed by atoms with E-state index in [0.717, 1.165) is 0 Å². The third-order valence-electron chi connectivity index (χ3n) is 3.67. The Bertz CT molecular complexity index is 419. The molecule has 0 aromatic heterocycles. The number of hydrogen-bond acceptors (Lipinski definition) is 3. The van der Waals surface area contributed by atoms with Gasteiger partial charge in [-0.05, 0) is 54.0 Å². The van der Waals surface area contributed by atoms with Crippen molar-refractivity contribution in [1.29, 1.82) is 0 Å². The Morgan fingerprint density at radius 3 is 2.53 bits per heavy atom. The second kappa shape index (κ2) is 6.35. The van der Waals surface area contributed by atoms with Crippen LogP contribution in [0.1, 0.15) is 32.4 Å². The first-order chi connectivity index (χ1) is 8.79. The molecule has 1 atom stereocenters. The van der Waals surface area contributed by atoms with Crippen molar-refractivity contribution in [3.8, 4) is 5.75 Å². The largest absolute Gasteiger partial charge is 0.491 e. The lowest BCUT2D eigenvalue weighted by Crippen LogP contribution is -2.43. The monoisotopic (exact) mass is 268 g/mol. The Morgan fingerprint density at radius 2 is 2.00 bits per heavy atom. The van der Waals surface area contributed by atoms with E-state index in [4.69, 9.17) is 4.74 Å². The average Bonchev–Trinajstić information content (AvgIpc) is 2.35. The molecule has 1 aromatic rings. The zero-order chi connectivity index (χ0) is 14.6. The van der Waals surface area contributed by atoms with E-state index in [1.165, 1.54) is 6.07 Å². The Balaban J connectivity index is 2.93. The van der Waals surface area contributed by atoms with Gasteiger partial charge in [-0.3, -0.25) is 0 Å². The van der Waals surface area contributed by atoms with Crippen LogP contribution in [0.15, 0.2) is 18.2 Å². The fraction of sp³-hybridized carbons (Fsp3) is 0.600. The lowest BCUT2D eigenvalue weighted by molar-refractivity contribution is 0.112. The van der Waals surface area contributed by atoms with Crippen LogP contribution >= 0.6 is 0 Å². The maximum atomic E-state index is 13.9. The first-order valence-electron chi connectivity index (χ1n) is 6.55. The lowest BCUT2D eigenvalue weighted by atomic mass is 10.0. The third kappa shape index (κ3) is 3.91. The summed E-state index contributed by atoms with van der Waals surface area (Å²) in [5, 5.41) is 3.05. The predicted molar refractivity (Wildman–Crippen MR) is 77.1 cm³/mol. The molecule has 1 aromatic carbocycles. The standard InChI is InChI=1S/C15H25FN2O/c1-11(17-4)14-12(16)8-7-9-13(14)19-10-15(2,3)18(5)6/h7-9,11,17H,10H2,1-6H3. The van der Waals surface area contributed by atoms with E-state index in [1.807, 2.05) is 34.1 Å². The van der Waals surface area contributed by atoms with Crippen molar-refractivity contribution in [1.82, 2.24) is 10.2 Å². The number of hydrogen-bond donors (Lipinski definition) is 1. The van der Waals surface area contributed by atoms with Crippen LogP contribution in [-0.2, 0) is 0 Å². The van der Waals surface area contributed by atoms with Crippen molar-refractivity contribution in [2.75, 3.05) is 27.7 Å². The summed E-state index contributed by atoms with van der Waals surface area (Å²) in [6.45, 7) is 6.61. The van der Waals surface area contributed by atoms with Gasteiger partial charge in [-0.2, -0.15) is 0 Å². The van der Waals surface area contributed by atoms with Crippen LogP contribution in [0, 0.1) is 5.82 Å². The molecule has 0 heterocycles. The minimum absolute atomic E-state index is 0.0846. The lowest BCUT2D eigenvalue weighted by Gasteiger charge is -2.32. The molecule has 0 amide bonds. The SMILES string of the molecule is CNC(C)c1c(F)cccc1OCC(C)(C)N(C)C. The summed E-state index contributed by atoms with van der Waals surface area (Å²) in [6.07, 6.45) is 0. The fourth-order valence-electron chi connectivity index (χ4n) is 1.59. The smallest absolute Gasteiger partial charge is 0.131 e. The van der Waals surface area contributed by atoms with E-state index in [0.29, 0.717) is 17.9 Å². The van der Waals surface area contributed by atoms with Gasteiger partial charge in [0.2, 0.25) is 0 Å². The van der Waals surface area contributed by atoms with Gasteiger partial charge in [0.1, 0.15) is 18.2 Å². The summed E-state index contributed by atoms with van der Waals surface area (Å²) < 4.78 is 19.8. The molecule has 0 aliphatic carbocycles. The molecule has 0 radical (unpaired) electrons.